The van der Waals surface area contributed by atoms with E-state index in [9.17, 15) is 4.79 Å². The second-order valence-electron chi connectivity index (χ2n) is 7.11. The van der Waals surface area contributed by atoms with Gasteiger partial charge in [-0.25, -0.2) is 9.67 Å². The number of nitrogens with one attached hydrogen (secondary N) is 2. The Hall–Kier alpha value is -1.51. The van der Waals surface area contributed by atoms with E-state index in [4.69, 9.17) is 4.98 Å². The molecule has 1 amide bonds. The fourth-order valence-electron chi connectivity index (χ4n) is 3.67. The summed E-state index contributed by atoms with van der Waals surface area (Å²) in [6.07, 6.45) is 10.6. The molecular weight excluding hydrogens is 384 g/mol. The van der Waals surface area contributed by atoms with E-state index < -0.39 is 0 Å². The number of carbonyl (C=O) groups is 1. The number of carbonyl (C=O) groups excluding carboxylic acids is 1. The van der Waals surface area contributed by atoms with Gasteiger partial charge in [0.25, 0.3) is 5.91 Å². The van der Waals surface area contributed by atoms with E-state index in [1.165, 1.54) is 34.8 Å². The molecule has 27 heavy (non-hydrogen) atoms. The van der Waals surface area contributed by atoms with Crippen LogP contribution in [0.3, 0.4) is 0 Å². The normalized spacial score (nSPS) is 17.2. The zero-order chi connectivity index (χ0) is 17.8. The number of fused-ring (bicyclic) bond motifs is 1. The van der Waals surface area contributed by atoms with Crippen molar-refractivity contribution in [3.05, 3.63) is 27.5 Å². The highest BCUT2D eigenvalue weighted by atomic mass is 35.5. The molecule has 1 aliphatic carbocycles. The summed E-state index contributed by atoms with van der Waals surface area (Å²) < 4.78 is 1.84. The van der Waals surface area contributed by atoms with E-state index in [0.29, 0.717) is 18.3 Å². The Morgan fingerprint density at radius 1 is 1.30 bits per heavy atom. The molecule has 7 nitrogen and oxygen atoms in total. The first-order valence-electron chi connectivity index (χ1n) is 9.68. The summed E-state index contributed by atoms with van der Waals surface area (Å²) in [6, 6.07) is 0.348. The lowest BCUT2D eigenvalue weighted by Gasteiger charge is -2.22. The van der Waals surface area contributed by atoms with Crippen LogP contribution in [0.25, 0.3) is 0 Å². The van der Waals surface area contributed by atoms with Crippen LogP contribution < -0.4 is 10.6 Å². The van der Waals surface area contributed by atoms with Gasteiger partial charge >= 0.3 is 0 Å². The summed E-state index contributed by atoms with van der Waals surface area (Å²) in [6.45, 7) is 2.63. The summed E-state index contributed by atoms with van der Waals surface area (Å²) in [7, 11) is 0. The van der Waals surface area contributed by atoms with Crippen LogP contribution in [0, 0.1) is 0 Å². The molecule has 1 fully saturated rings. The molecule has 2 N–H and O–H groups in total. The van der Waals surface area contributed by atoms with E-state index >= 15 is 0 Å². The molecule has 148 valence electrons. The maximum Gasteiger partial charge on any atom is 0.273 e. The van der Waals surface area contributed by atoms with Crippen LogP contribution >= 0.6 is 23.7 Å². The first-order valence-corrected chi connectivity index (χ1v) is 10.5. The number of thiazole rings is 1. The number of aromatic nitrogens is 4. The van der Waals surface area contributed by atoms with Crippen molar-refractivity contribution in [3.8, 4) is 0 Å². The van der Waals surface area contributed by atoms with Gasteiger partial charge < -0.3 is 10.6 Å². The van der Waals surface area contributed by atoms with Crippen LogP contribution in [0.15, 0.2) is 6.20 Å². The Morgan fingerprint density at radius 3 is 2.93 bits per heavy atom. The number of rotatable bonds is 6. The average Bonchev–Trinajstić information content (AvgIpc) is 3.32. The van der Waals surface area contributed by atoms with Gasteiger partial charge in [0.05, 0.1) is 22.9 Å². The number of halogens is 1. The van der Waals surface area contributed by atoms with E-state index in [2.05, 4.69) is 20.9 Å². The van der Waals surface area contributed by atoms with Crippen molar-refractivity contribution in [2.45, 2.75) is 57.4 Å². The molecule has 2 aliphatic rings. The predicted octanol–water partition coefficient (Wildman–Crippen LogP) is 2.32. The van der Waals surface area contributed by atoms with E-state index in [1.807, 2.05) is 16.0 Å². The fourth-order valence-corrected chi connectivity index (χ4v) is 4.87. The summed E-state index contributed by atoms with van der Waals surface area (Å²) in [5, 5.41) is 15.7. The number of aryl methyl sites for hydroxylation is 3. The second kappa shape index (κ2) is 9.61. The van der Waals surface area contributed by atoms with Gasteiger partial charge in [-0.15, -0.1) is 28.8 Å². The monoisotopic (exact) mass is 410 g/mol. The fraction of sp³-hybridized carbons (Fsp3) is 0.667. The third-order valence-electron chi connectivity index (χ3n) is 5.17. The largest absolute Gasteiger partial charge is 0.351 e. The standard InChI is InChI=1S/C18H26N6OS.ClH/c25-18(15-12-24(23-22-15)13-7-10-19-11-8-13)20-9-3-6-17-21-14-4-1-2-5-16(14)26-17;/h12-13,19H,1-11H2,(H,20,25);1H. The minimum absolute atomic E-state index is 0. The minimum Gasteiger partial charge on any atom is -0.351 e. The average molecular weight is 411 g/mol. The van der Waals surface area contributed by atoms with Gasteiger partial charge in [-0.05, 0) is 58.0 Å². The van der Waals surface area contributed by atoms with Crippen LogP contribution in [-0.2, 0) is 19.3 Å². The molecular formula is C18H27ClN6OS. The second-order valence-corrected chi connectivity index (χ2v) is 8.28. The van der Waals surface area contributed by atoms with Gasteiger partial charge in [0, 0.05) is 17.8 Å². The third kappa shape index (κ3) is 5.06. The Bertz CT molecular complexity index is 731. The Morgan fingerprint density at radius 2 is 2.11 bits per heavy atom. The number of amides is 1. The number of hydrogen-bond acceptors (Lipinski definition) is 6. The predicted molar refractivity (Wildman–Crippen MR) is 108 cm³/mol. The lowest BCUT2D eigenvalue weighted by atomic mass is 10.0. The Balaban J connectivity index is 0.00000210. The molecule has 1 aliphatic heterocycles. The van der Waals surface area contributed by atoms with Crippen LogP contribution in [-0.4, -0.2) is 45.5 Å². The lowest BCUT2D eigenvalue weighted by molar-refractivity contribution is 0.0948. The van der Waals surface area contributed by atoms with E-state index in [-0.39, 0.29) is 18.3 Å². The van der Waals surface area contributed by atoms with Crippen molar-refractivity contribution in [2.75, 3.05) is 19.6 Å². The van der Waals surface area contributed by atoms with Crippen LogP contribution in [0.2, 0.25) is 0 Å². The van der Waals surface area contributed by atoms with Gasteiger partial charge in [-0.2, -0.15) is 0 Å². The van der Waals surface area contributed by atoms with Crippen molar-refractivity contribution < 1.29 is 4.79 Å². The highest BCUT2D eigenvalue weighted by molar-refractivity contribution is 7.11. The Kier molecular flexibility index (Phi) is 7.20. The maximum atomic E-state index is 12.3. The van der Waals surface area contributed by atoms with Crippen molar-refractivity contribution in [3.63, 3.8) is 0 Å². The van der Waals surface area contributed by atoms with Gasteiger partial charge in [-0.3, -0.25) is 4.79 Å². The van der Waals surface area contributed by atoms with Crippen LogP contribution in [0.5, 0.6) is 0 Å². The SMILES string of the molecule is Cl.O=C(NCCCc1nc2c(s1)CCCC2)c1cn(C2CCNCC2)nn1. The molecule has 0 atom stereocenters. The molecule has 4 rings (SSSR count). The first-order chi connectivity index (χ1) is 12.8. The van der Waals surface area contributed by atoms with E-state index in [0.717, 1.165) is 45.2 Å². The quantitative estimate of drug-likeness (QED) is 0.714. The highest BCUT2D eigenvalue weighted by Crippen LogP contribution is 2.27. The molecule has 0 unspecified atom stereocenters. The number of hydrogen-bond donors (Lipinski definition) is 2. The van der Waals surface area contributed by atoms with Gasteiger partial charge in [-0.1, -0.05) is 5.21 Å². The topological polar surface area (TPSA) is 84.7 Å². The van der Waals surface area contributed by atoms with Crippen LogP contribution in [0.1, 0.15) is 64.2 Å². The van der Waals surface area contributed by atoms with Gasteiger partial charge in [0.1, 0.15) is 0 Å². The molecule has 1 saturated heterocycles. The first kappa shape index (κ1) is 20.2. The van der Waals surface area contributed by atoms with Crippen molar-refractivity contribution in [1.82, 2.24) is 30.6 Å². The van der Waals surface area contributed by atoms with Gasteiger partial charge in [0.2, 0.25) is 0 Å². The lowest BCUT2D eigenvalue weighted by Crippen LogP contribution is -2.29. The molecule has 2 aromatic rings. The molecule has 0 saturated carbocycles. The van der Waals surface area contributed by atoms with Crippen molar-refractivity contribution in [1.29, 1.82) is 0 Å². The summed E-state index contributed by atoms with van der Waals surface area (Å²) in [4.78, 5) is 18.5. The summed E-state index contributed by atoms with van der Waals surface area (Å²) >= 11 is 1.86. The summed E-state index contributed by atoms with van der Waals surface area (Å²) in [5.74, 6) is -0.136. The number of nitrogens with zero attached hydrogens (tertiary/aromatic N) is 4. The van der Waals surface area contributed by atoms with E-state index in [1.54, 1.807) is 6.20 Å². The molecule has 0 aromatic carbocycles. The zero-order valence-electron chi connectivity index (χ0n) is 15.4. The van der Waals surface area contributed by atoms with Crippen molar-refractivity contribution in [2.24, 2.45) is 0 Å². The molecule has 0 spiro atoms. The third-order valence-corrected chi connectivity index (χ3v) is 6.39. The summed E-state index contributed by atoms with van der Waals surface area (Å²) in [5.41, 5.74) is 1.73. The highest BCUT2D eigenvalue weighted by Gasteiger charge is 2.19. The zero-order valence-corrected chi connectivity index (χ0v) is 17.1. The smallest absolute Gasteiger partial charge is 0.273 e. The van der Waals surface area contributed by atoms with Crippen molar-refractivity contribution >= 4 is 29.7 Å². The molecule has 2 aromatic heterocycles. The Labute approximate surface area is 169 Å². The number of piperidine rings is 1. The molecule has 0 radical (unpaired) electrons. The molecule has 3 heterocycles. The van der Waals surface area contributed by atoms with Crippen LogP contribution in [0.4, 0.5) is 0 Å². The minimum atomic E-state index is -0.136. The molecule has 0 bridgehead atoms. The molecule has 9 heteroatoms. The van der Waals surface area contributed by atoms with Gasteiger partial charge in [0.15, 0.2) is 5.69 Å². The maximum absolute atomic E-state index is 12.3.